The summed E-state index contributed by atoms with van der Waals surface area (Å²) in [5.41, 5.74) is 4.46. The van der Waals surface area contributed by atoms with Crippen LogP contribution in [0, 0.1) is 20.8 Å². The van der Waals surface area contributed by atoms with Gasteiger partial charge in [-0.15, -0.1) is 0 Å². The van der Waals surface area contributed by atoms with Crippen LogP contribution < -0.4 is 14.8 Å². The molecule has 0 aliphatic heterocycles. The third-order valence-electron chi connectivity index (χ3n) is 3.78. The number of nitrogens with one attached hydrogen (secondary N) is 1. The minimum atomic E-state index is -0.195. The fourth-order valence-corrected chi connectivity index (χ4v) is 2.24. The Bertz CT molecular complexity index is 682. The van der Waals surface area contributed by atoms with Gasteiger partial charge in [0, 0.05) is 16.8 Å². The highest BCUT2D eigenvalue weighted by atomic mass is 16.5. The minimum Gasteiger partial charge on any atom is -0.496 e. The number of aryl methyl sites for hydroxylation is 2. The van der Waals surface area contributed by atoms with Gasteiger partial charge >= 0.3 is 0 Å². The standard InChI is InChI=1S/C18H21NO3/c1-11-6-7-15(8-12(11)2)19-18(20)14-9-16(21-4)13(3)17(10-14)22-5/h6-10H,1-5H3,(H,19,20). The molecule has 2 aromatic carbocycles. The van der Waals surface area contributed by atoms with Crippen LogP contribution in [0.2, 0.25) is 0 Å². The van der Waals surface area contributed by atoms with E-state index in [1.54, 1.807) is 26.4 Å². The van der Waals surface area contributed by atoms with Crippen molar-refractivity contribution in [2.24, 2.45) is 0 Å². The molecule has 4 heteroatoms. The largest absolute Gasteiger partial charge is 0.496 e. The first-order valence-corrected chi connectivity index (χ1v) is 7.07. The van der Waals surface area contributed by atoms with E-state index >= 15 is 0 Å². The van der Waals surface area contributed by atoms with E-state index in [0.717, 1.165) is 16.8 Å². The van der Waals surface area contributed by atoms with Crippen molar-refractivity contribution in [1.29, 1.82) is 0 Å². The number of ether oxygens (including phenoxy) is 2. The van der Waals surface area contributed by atoms with E-state index in [1.807, 2.05) is 39.0 Å². The number of hydrogen-bond acceptors (Lipinski definition) is 3. The minimum absolute atomic E-state index is 0.195. The van der Waals surface area contributed by atoms with Gasteiger partial charge in [0.2, 0.25) is 0 Å². The zero-order valence-corrected chi connectivity index (χ0v) is 13.6. The monoisotopic (exact) mass is 299 g/mol. The van der Waals surface area contributed by atoms with Gasteiger partial charge in [-0.2, -0.15) is 0 Å². The summed E-state index contributed by atoms with van der Waals surface area (Å²) in [5, 5.41) is 2.90. The molecule has 0 spiro atoms. The maximum absolute atomic E-state index is 12.4. The molecule has 22 heavy (non-hydrogen) atoms. The molecule has 1 amide bonds. The smallest absolute Gasteiger partial charge is 0.255 e. The van der Waals surface area contributed by atoms with Gasteiger partial charge < -0.3 is 14.8 Å². The average molecular weight is 299 g/mol. The van der Waals surface area contributed by atoms with Crippen LogP contribution in [0.5, 0.6) is 11.5 Å². The van der Waals surface area contributed by atoms with Crippen LogP contribution in [0.15, 0.2) is 30.3 Å². The maximum atomic E-state index is 12.4. The van der Waals surface area contributed by atoms with Gasteiger partial charge in [0.05, 0.1) is 14.2 Å². The first-order valence-electron chi connectivity index (χ1n) is 7.07. The number of hydrogen-bond donors (Lipinski definition) is 1. The van der Waals surface area contributed by atoms with Crippen LogP contribution in [0.3, 0.4) is 0 Å². The quantitative estimate of drug-likeness (QED) is 0.932. The highest BCUT2D eigenvalue weighted by molar-refractivity contribution is 6.05. The lowest BCUT2D eigenvalue weighted by molar-refractivity contribution is 0.102. The second-order valence-electron chi connectivity index (χ2n) is 5.26. The summed E-state index contributed by atoms with van der Waals surface area (Å²) < 4.78 is 10.6. The van der Waals surface area contributed by atoms with Gasteiger partial charge in [0.1, 0.15) is 11.5 Å². The highest BCUT2D eigenvalue weighted by Crippen LogP contribution is 2.29. The Morgan fingerprint density at radius 3 is 2.00 bits per heavy atom. The van der Waals surface area contributed by atoms with Gasteiger partial charge in [0.15, 0.2) is 0 Å². The summed E-state index contributed by atoms with van der Waals surface area (Å²) in [7, 11) is 3.15. The number of amides is 1. The summed E-state index contributed by atoms with van der Waals surface area (Å²) >= 11 is 0. The van der Waals surface area contributed by atoms with Crippen molar-refractivity contribution in [3.8, 4) is 11.5 Å². The normalized spacial score (nSPS) is 10.2. The van der Waals surface area contributed by atoms with E-state index in [2.05, 4.69) is 5.32 Å². The first-order chi connectivity index (χ1) is 10.5. The lowest BCUT2D eigenvalue weighted by Gasteiger charge is -2.13. The zero-order valence-electron chi connectivity index (χ0n) is 13.6. The Hall–Kier alpha value is -2.49. The van der Waals surface area contributed by atoms with Crippen LogP contribution in [-0.4, -0.2) is 20.1 Å². The molecular formula is C18H21NO3. The van der Waals surface area contributed by atoms with Crippen molar-refractivity contribution in [3.05, 3.63) is 52.6 Å². The Morgan fingerprint density at radius 2 is 1.50 bits per heavy atom. The summed E-state index contributed by atoms with van der Waals surface area (Å²) in [6.45, 7) is 5.95. The molecule has 0 radical (unpaired) electrons. The van der Waals surface area contributed by atoms with Crippen LogP contribution >= 0.6 is 0 Å². The molecule has 0 atom stereocenters. The summed E-state index contributed by atoms with van der Waals surface area (Å²) in [4.78, 5) is 12.4. The lowest BCUT2D eigenvalue weighted by atomic mass is 10.1. The lowest BCUT2D eigenvalue weighted by Crippen LogP contribution is -2.13. The van der Waals surface area contributed by atoms with Crippen molar-refractivity contribution in [1.82, 2.24) is 0 Å². The van der Waals surface area contributed by atoms with Gasteiger partial charge in [-0.25, -0.2) is 0 Å². The predicted molar refractivity (Wildman–Crippen MR) is 88.2 cm³/mol. The summed E-state index contributed by atoms with van der Waals surface area (Å²) in [6.07, 6.45) is 0. The molecule has 2 aromatic rings. The van der Waals surface area contributed by atoms with Gasteiger partial charge in [-0.05, 0) is 56.2 Å². The fourth-order valence-electron chi connectivity index (χ4n) is 2.24. The van der Waals surface area contributed by atoms with Crippen molar-refractivity contribution in [2.45, 2.75) is 20.8 Å². The molecule has 0 saturated carbocycles. The molecule has 4 nitrogen and oxygen atoms in total. The van der Waals surface area contributed by atoms with E-state index in [1.165, 1.54) is 5.56 Å². The number of carbonyl (C=O) groups excluding carboxylic acids is 1. The number of carbonyl (C=O) groups is 1. The Kier molecular flexibility index (Phi) is 4.71. The molecule has 0 heterocycles. The molecule has 2 rings (SSSR count). The number of rotatable bonds is 4. The number of methoxy groups -OCH3 is 2. The van der Waals surface area contributed by atoms with Crippen molar-refractivity contribution in [2.75, 3.05) is 19.5 Å². The average Bonchev–Trinajstić information content (AvgIpc) is 2.51. The highest BCUT2D eigenvalue weighted by Gasteiger charge is 2.14. The second kappa shape index (κ2) is 6.52. The fraction of sp³-hybridized carbons (Fsp3) is 0.278. The maximum Gasteiger partial charge on any atom is 0.255 e. The molecule has 116 valence electrons. The third kappa shape index (κ3) is 3.22. The summed E-state index contributed by atoms with van der Waals surface area (Å²) in [5.74, 6) is 1.06. The Morgan fingerprint density at radius 1 is 0.909 bits per heavy atom. The molecule has 0 fully saturated rings. The molecule has 0 aliphatic carbocycles. The van der Waals surface area contributed by atoms with Gasteiger partial charge in [0.25, 0.3) is 5.91 Å². The van der Waals surface area contributed by atoms with E-state index < -0.39 is 0 Å². The third-order valence-corrected chi connectivity index (χ3v) is 3.78. The van der Waals surface area contributed by atoms with E-state index in [9.17, 15) is 4.79 Å². The van der Waals surface area contributed by atoms with E-state index in [0.29, 0.717) is 17.1 Å². The van der Waals surface area contributed by atoms with Gasteiger partial charge in [-0.1, -0.05) is 6.07 Å². The van der Waals surface area contributed by atoms with Crippen LogP contribution in [-0.2, 0) is 0 Å². The molecular weight excluding hydrogens is 278 g/mol. The summed E-state index contributed by atoms with van der Waals surface area (Å²) in [6, 6.07) is 9.27. The molecule has 0 aliphatic rings. The van der Waals surface area contributed by atoms with Crippen molar-refractivity contribution < 1.29 is 14.3 Å². The zero-order chi connectivity index (χ0) is 16.3. The van der Waals surface area contributed by atoms with E-state index in [4.69, 9.17) is 9.47 Å². The predicted octanol–water partition coefficient (Wildman–Crippen LogP) is 3.88. The first kappa shape index (κ1) is 15.9. The Balaban J connectivity index is 2.31. The number of benzene rings is 2. The second-order valence-corrected chi connectivity index (χ2v) is 5.26. The van der Waals surface area contributed by atoms with Crippen molar-refractivity contribution in [3.63, 3.8) is 0 Å². The molecule has 1 N–H and O–H groups in total. The van der Waals surface area contributed by atoms with Crippen LogP contribution in [0.1, 0.15) is 27.0 Å². The Labute approximate surface area is 131 Å². The topological polar surface area (TPSA) is 47.6 Å². The number of anilines is 1. The molecule has 0 bridgehead atoms. The molecule has 0 unspecified atom stereocenters. The molecule has 0 saturated heterocycles. The van der Waals surface area contributed by atoms with Crippen molar-refractivity contribution >= 4 is 11.6 Å². The van der Waals surface area contributed by atoms with Gasteiger partial charge in [-0.3, -0.25) is 4.79 Å². The molecule has 0 aromatic heterocycles. The van der Waals surface area contributed by atoms with Crippen LogP contribution in [0.4, 0.5) is 5.69 Å². The van der Waals surface area contributed by atoms with E-state index in [-0.39, 0.29) is 5.91 Å². The SMILES string of the molecule is COc1cc(C(=O)Nc2ccc(C)c(C)c2)cc(OC)c1C. The van der Waals surface area contributed by atoms with Crippen LogP contribution in [0.25, 0.3) is 0 Å².